The summed E-state index contributed by atoms with van der Waals surface area (Å²) in [4.78, 5) is 14.6. The van der Waals surface area contributed by atoms with Gasteiger partial charge < -0.3 is 9.47 Å². The van der Waals surface area contributed by atoms with Crippen molar-refractivity contribution in [1.82, 2.24) is 4.98 Å². The van der Waals surface area contributed by atoms with Gasteiger partial charge in [-0.05, 0) is 0 Å². The van der Waals surface area contributed by atoms with Gasteiger partial charge in [0.1, 0.15) is 17.3 Å². The van der Waals surface area contributed by atoms with Gasteiger partial charge in [0.15, 0.2) is 5.75 Å². The number of hydrogen-bond acceptors (Lipinski definition) is 5. The van der Waals surface area contributed by atoms with Gasteiger partial charge in [-0.2, -0.15) is 5.26 Å². The van der Waals surface area contributed by atoms with Crippen LogP contribution in [0.5, 0.6) is 5.75 Å². The van der Waals surface area contributed by atoms with Gasteiger partial charge in [0.05, 0.1) is 20.6 Å². The number of ether oxygens (including phenoxy) is 2. The summed E-state index contributed by atoms with van der Waals surface area (Å²) in [5.74, 6) is -0.908. The quantitative estimate of drug-likeness (QED) is 0.765. The monoisotopic (exact) mass is 256 g/mol. The van der Waals surface area contributed by atoms with Crippen LogP contribution in [0.3, 0.4) is 0 Å². The molecule has 1 aromatic heterocycles. The fraction of sp³-hybridized carbons (Fsp3) is 0.364. The van der Waals surface area contributed by atoms with Crippen LogP contribution < -0.4 is 4.74 Å². The van der Waals surface area contributed by atoms with Gasteiger partial charge in [-0.3, -0.25) is 9.78 Å². The molecule has 5 nitrogen and oxygen atoms in total. The molecule has 1 aromatic rings. The first kappa shape index (κ1) is 13.8. The first-order valence-corrected chi connectivity index (χ1v) is 4.86. The normalized spacial score (nSPS) is 10.0. The largest absolute Gasteiger partial charge is 0.493 e. The Hall–Kier alpha value is -2.23. The van der Waals surface area contributed by atoms with Gasteiger partial charge in [-0.15, -0.1) is 0 Å². The van der Waals surface area contributed by atoms with Gasteiger partial charge in [0, 0.05) is 11.8 Å². The molecule has 0 unspecified atom stereocenters. The summed E-state index contributed by atoms with van der Waals surface area (Å²) >= 11 is 0. The highest BCUT2D eigenvalue weighted by Gasteiger charge is 2.22. The second-order valence-electron chi connectivity index (χ2n) is 3.24. The predicted octanol–water partition coefficient (Wildman–Crippen LogP) is 1.61. The molecular formula is C11H10F2N2O3. The molecule has 0 aliphatic carbocycles. The maximum atomic E-state index is 12.6. The number of aromatic nitrogens is 1. The second kappa shape index (κ2) is 5.91. The summed E-state index contributed by atoms with van der Waals surface area (Å²) in [6.45, 7) is 0. The minimum atomic E-state index is -2.86. The summed E-state index contributed by atoms with van der Waals surface area (Å²) in [5, 5.41) is 8.97. The minimum Gasteiger partial charge on any atom is -0.493 e. The fourth-order valence-electron chi connectivity index (χ4n) is 1.39. The number of pyridine rings is 1. The van der Waals surface area contributed by atoms with Gasteiger partial charge in [0.25, 0.3) is 6.43 Å². The van der Waals surface area contributed by atoms with Crippen LogP contribution in [0.2, 0.25) is 0 Å². The number of hydrogen-bond donors (Lipinski definition) is 0. The number of alkyl halides is 2. The Morgan fingerprint density at radius 3 is 2.67 bits per heavy atom. The third kappa shape index (κ3) is 2.71. The van der Waals surface area contributed by atoms with Crippen molar-refractivity contribution in [3.05, 3.63) is 23.0 Å². The molecule has 1 heterocycles. The molecule has 0 aliphatic rings. The number of halogens is 2. The van der Waals surface area contributed by atoms with E-state index in [1.54, 1.807) is 6.07 Å². The number of esters is 1. The van der Waals surface area contributed by atoms with Crippen molar-refractivity contribution in [2.45, 2.75) is 12.8 Å². The molecular weight excluding hydrogens is 246 g/mol. The van der Waals surface area contributed by atoms with Crippen molar-refractivity contribution >= 4 is 5.97 Å². The summed E-state index contributed by atoms with van der Waals surface area (Å²) in [5.41, 5.74) is -0.568. The molecule has 1 rings (SSSR count). The first-order chi connectivity index (χ1) is 8.54. The van der Waals surface area contributed by atoms with Gasteiger partial charge >= 0.3 is 5.97 Å². The smallest absolute Gasteiger partial charge is 0.310 e. The van der Waals surface area contributed by atoms with Crippen LogP contribution in [0.15, 0.2) is 6.20 Å². The van der Waals surface area contributed by atoms with E-state index in [9.17, 15) is 13.6 Å². The van der Waals surface area contributed by atoms with E-state index >= 15 is 0 Å². The van der Waals surface area contributed by atoms with Crippen LogP contribution in [0.1, 0.15) is 23.2 Å². The molecule has 7 heteroatoms. The van der Waals surface area contributed by atoms with Crippen molar-refractivity contribution in [3.8, 4) is 11.8 Å². The van der Waals surface area contributed by atoms with Crippen LogP contribution in [-0.2, 0) is 16.0 Å². The highest BCUT2D eigenvalue weighted by atomic mass is 19.3. The Balaban J connectivity index is 3.31. The topological polar surface area (TPSA) is 72.2 Å². The van der Waals surface area contributed by atoms with Gasteiger partial charge in [0.2, 0.25) is 0 Å². The highest BCUT2D eigenvalue weighted by molar-refractivity contribution is 5.74. The van der Waals surface area contributed by atoms with Crippen molar-refractivity contribution < 1.29 is 23.0 Å². The van der Waals surface area contributed by atoms with Crippen LogP contribution in [0, 0.1) is 11.3 Å². The number of carbonyl (C=O) groups excluding carboxylic acids is 1. The minimum absolute atomic E-state index is 0.131. The lowest BCUT2D eigenvalue weighted by Gasteiger charge is -2.11. The van der Waals surface area contributed by atoms with E-state index in [1.807, 2.05) is 0 Å². The van der Waals surface area contributed by atoms with E-state index in [2.05, 4.69) is 9.72 Å². The van der Waals surface area contributed by atoms with E-state index in [0.717, 1.165) is 13.3 Å². The van der Waals surface area contributed by atoms with Crippen LogP contribution in [-0.4, -0.2) is 25.2 Å². The summed E-state index contributed by atoms with van der Waals surface area (Å²) in [7, 11) is 2.35. The molecule has 0 radical (unpaired) electrons. The number of nitrogens with zero attached hydrogens (tertiary/aromatic N) is 2. The SMILES string of the molecule is COC(=O)Cc1cnc(C(F)F)c(OC)c1C#N. The molecule has 0 saturated carbocycles. The third-order valence-electron chi connectivity index (χ3n) is 2.23. The molecule has 0 aliphatic heterocycles. The Kier molecular flexibility index (Phi) is 4.54. The number of rotatable bonds is 4. The molecule has 0 amide bonds. The lowest BCUT2D eigenvalue weighted by molar-refractivity contribution is -0.139. The third-order valence-corrected chi connectivity index (χ3v) is 2.23. The molecule has 0 spiro atoms. The fourth-order valence-corrected chi connectivity index (χ4v) is 1.39. The summed E-state index contributed by atoms with van der Waals surface area (Å²) in [6, 6.07) is 1.73. The van der Waals surface area contributed by atoms with Crippen LogP contribution in [0.25, 0.3) is 0 Å². The molecule has 0 atom stereocenters. The average molecular weight is 256 g/mol. The average Bonchev–Trinajstić information content (AvgIpc) is 2.37. The van der Waals surface area contributed by atoms with Gasteiger partial charge in [-0.1, -0.05) is 0 Å². The van der Waals surface area contributed by atoms with E-state index < -0.39 is 18.1 Å². The Morgan fingerprint density at radius 1 is 1.56 bits per heavy atom. The van der Waals surface area contributed by atoms with E-state index in [-0.39, 0.29) is 23.3 Å². The Morgan fingerprint density at radius 2 is 2.22 bits per heavy atom. The predicted molar refractivity (Wildman–Crippen MR) is 56.2 cm³/mol. The zero-order valence-corrected chi connectivity index (χ0v) is 9.74. The molecule has 0 fully saturated rings. The number of methoxy groups -OCH3 is 2. The standard InChI is InChI=1S/C11H10F2N2O3/c1-17-8(16)3-6-5-15-9(11(12)13)10(18-2)7(6)4-14/h5,11H,3H2,1-2H3. The van der Waals surface area contributed by atoms with E-state index in [4.69, 9.17) is 10.00 Å². The van der Waals surface area contributed by atoms with Gasteiger partial charge in [-0.25, -0.2) is 8.78 Å². The number of carbonyl (C=O) groups is 1. The van der Waals surface area contributed by atoms with Crippen LogP contribution >= 0.6 is 0 Å². The molecule has 0 aromatic carbocycles. The lowest BCUT2D eigenvalue weighted by Crippen LogP contribution is -2.09. The van der Waals surface area contributed by atoms with E-state index in [1.165, 1.54) is 7.11 Å². The Bertz CT molecular complexity index is 498. The van der Waals surface area contributed by atoms with Crippen molar-refractivity contribution in [1.29, 1.82) is 5.26 Å². The molecule has 96 valence electrons. The summed E-state index contributed by atoms with van der Waals surface area (Å²) < 4.78 is 34.5. The summed E-state index contributed by atoms with van der Waals surface area (Å²) in [6.07, 6.45) is -2.04. The lowest BCUT2D eigenvalue weighted by atomic mass is 10.1. The Labute approximate surface area is 102 Å². The molecule has 0 saturated heterocycles. The van der Waals surface area contributed by atoms with Crippen molar-refractivity contribution in [2.24, 2.45) is 0 Å². The molecule has 18 heavy (non-hydrogen) atoms. The number of nitriles is 1. The van der Waals surface area contributed by atoms with Crippen LogP contribution in [0.4, 0.5) is 8.78 Å². The molecule has 0 N–H and O–H groups in total. The van der Waals surface area contributed by atoms with Crippen molar-refractivity contribution in [3.63, 3.8) is 0 Å². The first-order valence-electron chi connectivity index (χ1n) is 4.86. The highest BCUT2D eigenvalue weighted by Crippen LogP contribution is 2.31. The zero-order valence-electron chi connectivity index (χ0n) is 9.74. The molecule has 0 bridgehead atoms. The maximum absolute atomic E-state index is 12.6. The zero-order chi connectivity index (χ0) is 13.7. The second-order valence-corrected chi connectivity index (χ2v) is 3.24. The van der Waals surface area contributed by atoms with Crippen molar-refractivity contribution in [2.75, 3.05) is 14.2 Å². The van der Waals surface area contributed by atoms with E-state index in [0.29, 0.717) is 0 Å². The maximum Gasteiger partial charge on any atom is 0.310 e.